The van der Waals surface area contributed by atoms with Gasteiger partial charge in [0.25, 0.3) is 17.4 Å². The number of H-pyrrole nitrogens is 2. The Bertz CT molecular complexity index is 1510. The highest BCUT2D eigenvalue weighted by Crippen LogP contribution is 2.37. The Hall–Kier alpha value is -4.66. The summed E-state index contributed by atoms with van der Waals surface area (Å²) in [5.41, 5.74) is -0.347. The highest BCUT2D eigenvalue weighted by molar-refractivity contribution is 5.97. The number of nitrogens with one attached hydrogen (secondary N) is 9. The zero-order valence-corrected chi connectivity index (χ0v) is 21.4. The zero-order valence-electron chi connectivity index (χ0n) is 21.4. The second kappa shape index (κ2) is 9.51. The van der Waals surface area contributed by atoms with Gasteiger partial charge in [0, 0.05) is 24.7 Å². The summed E-state index contributed by atoms with van der Waals surface area (Å²) in [6, 6.07) is 4.52. The molecule has 3 fully saturated rings. The van der Waals surface area contributed by atoms with E-state index >= 15 is 0 Å². The standard InChI is InChI=1S/C25H30N10O5/c26-22-33-18-15(9-28-21(39)14-8-17(36)32-24(40)31-14)30-23(27)35-10-16(19(37)25(18,35)34-22)29-20(38)13-7-3-5-11-4-1-2-6-12(11)13/h3,5,7-8,15-16,18-19,37H,1-2,4,6,9-10H2,(H2,27,30)(H,28,39)(H,29,38)(H3,26,33,34)(H2,31,32,36,40)/t15-,16?,18-,19+,25?/m0/s1. The lowest BCUT2D eigenvalue weighted by Crippen LogP contribution is -2.78. The maximum atomic E-state index is 13.4. The molecule has 0 bridgehead atoms. The van der Waals surface area contributed by atoms with E-state index in [0.717, 1.165) is 42.9 Å². The van der Waals surface area contributed by atoms with Gasteiger partial charge in [0.15, 0.2) is 17.6 Å². The largest absolute Gasteiger partial charge is 0.386 e. The van der Waals surface area contributed by atoms with Crippen molar-refractivity contribution in [3.63, 3.8) is 0 Å². The second-order valence-corrected chi connectivity index (χ2v) is 10.5. The molecule has 5 atom stereocenters. The third-order valence-electron chi connectivity index (χ3n) is 8.20. The Morgan fingerprint density at radius 2 is 1.90 bits per heavy atom. The van der Waals surface area contributed by atoms with Gasteiger partial charge in [-0.1, -0.05) is 12.1 Å². The van der Waals surface area contributed by atoms with E-state index in [1.54, 1.807) is 11.0 Å². The lowest BCUT2D eigenvalue weighted by Gasteiger charge is -2.49. The maximum Gasteiger partial charge on any atom is 0.326 e. The first-order valence-electron chi connectivity index (χ1n) is 13.1. The first-order valence-corrected chi connectivity index (χ1v) is 13.1. The van der Waals surface area contributed by atoms with Crippen LogP contribution < -0.4 is 37.8 Å². The van der Waals surface area contributed by atoms with Crippen molar-refractivity contribution in [2.24, 2.45) is 0 Å². The minimum Gasteiger partial charge on any atom is -0.386 e. The number of aromatic amines is 2. The molecule has 1 spiro atoms. The van der Waals surface area contributed by atoms with Crippen LogP contribution in [0.3, 0.4) is 0 Å². The van der Waals surface area contributed by atoms with Crippen molar-refractivity contribution in [1.29, 1.82) is 10.8 Å². The molecule has 4 aliphatic rings. The topological polar surface area (TPSA) is 231 Å². The van der Waals surface area contributed by atoms with Crippen molar-refractivity contribution in [3.05, 3.63) is 67.5 Å². The molecule has 3 aliphatic heterocycles. The molecule has 15 heteroatoms. The van der Waals surface area contributed by atoms with Crippen LogP contribution in [0, 0.1) is 10.8 Å². The first-order chi connectivity index (χ1) is 19.2. The summed E-state index contributed by atoms with van der Waals surface area (Å²) in [5, 5.41) is 43.1. The molecule has 1 aromatic heterocycles. The first kappa shape index (κ1) is 25.6. The molecule has 2 aromatic rings. The monoisotopic (exact) mass is 550 g/mol. The highest BCUT2D eigenvalue weighted by Gasteiger charge is 2.66. The number of amides is 2. The molecule has 6 rings (SSSR count). The van der Waals surface area contributed by atoms with E-state index in [1.807, 2.05) is 17.1 Å². The van der Waals surface area contributed by atoms with Crippen LogP contribution >= 0.6 is 0 Å². The number of rotatable bonds is 5. The van der Waals surface area contributed by atoms with Gasteiger partial charge in [-0.05, 0) is 42.9 Å². The predicted octanol–water partition coefficient (Wildman–Crippen LogP) is -2.75. The minimum atomic E-state index is -1.35. The van der Waals surface area contributed by atoms with Crippen molar-refractivity contribution >= 4 is 23.7 Å². The summed E-state index contributed by atoms with van der Waals surface area (Å²) >= 11 is 0. The second-order valence-electron chi connectivity index (χ2n) is 10.5. The summed E-state index contributed by atoms with van der Waals surface area (Å²) in [5.74, 6) is -1.15. The molecule has 15 nitrogen and oxygen atoms in total. The van der Waals surface area contributed by atoms with Gasteiger partial charge in [-0.25, -0.2) is 4.79 Å². The summed E-state index contributed by atoms with van der Waals surface area (Å²) in [4.78, 5) is 55.0. The minimum absolute atomic E-state index is 0.0584. The highest BCUT2D eigenvalue weighted by atomic mass is 16.3. The van der Waals surface area contributed by atoms with E-state index in [0.29, 0.717) is 5.56 Å². The fourth-order valence-corrected chi connectivity index (χ4v) is 6.43. The lowest BCUT2D eigenvalue weighted by atomic mass is 9.86. The van der Waals surface area contributed by atoms with E-state index in [2.05, 4.69) is 31.6 Å². The van der Waals surface area contributed by atoms with Crippen LogP contribution in [0.4, 0.5) is 0 Å². The number of guanidine groups is 2. The molecule has 0 radical (unpaired) electrons. The number of benzene rings is 1. The number of aryl methyl sites for hydroxylation is 1. The van der Waals surface area contributed by atoms with Gasteiger partial charge in [-0.3, -0.25) is 30.2 Å². The smallest absolute Gasteiger partial charge is 0.326 e. The average Bonchev–Trinajstić information content (AvgIpc) is 3.42. The van der Waals surface area contributed by atoms with Crippen LogP contribution in [0.5, 0.6) is 0 Å². The molecule has 3 saturated heterocycles. The van der Waals surface area contributed by atoms with Crippen molar-refractivity contribution in [3.8, 4) is 0 Å². The number of carbonyl (C=O) groups is 2. The predicted molar refractivity (Wildman–Crippen MR) is 142 cm³/mol. The number of aliphatic hydroxyl groups excluding tert-OH is 1. The fourth-order valence-electron chi connectivity index (χ4n) is 6.43. The van der Waals surface area contributed by atoms with Gasteiger partial charge >= 0.3 is 5.69 Å². The van der Waals surface area contributed by atoms with Gasteiger partial charge in [-0.2, -0.15) is 0 Å². The number of carbonyl (C=O) groups excluding carboxylic acids is 2. The molecule has 40 heavy (non-hydrogen) atoms. The van der Waals surface area contributed by atoms with E-state index in [9.17, 15) is 24.3 Å². The van der Waals surface area contributed by atoms with E-state index in [-0.39, 0.29) is 36.6 Å². The maximum absolute atomic E-state index is 13.4. The number of aromatic nitrogens is 2. The molecular weight excluding hydrogens is 520 g/mol. The van der Waals surface area contributed by atoms with Gasteiger partial charge in [-0.15, -0.1) is 0 Å². The lowest BCUT2D eigenvalue weighted by molar-refractivity contribution is 0.00612. The van der Waals surface area contributed by atoms with Crippen LogP contribution in [0.25, 0.3) is 0 Å². The Kier molecular flexibility index (Phi) is 6.09. The van der Waals surface area contributed by atoms with Crippen LogP contribution in [0.15, 0.2) is 33.9 Å². The van der Waals surface area contributed by atoms with Crippen LogP contribution in [-0.4, -0.2) is 86.7 Å². The van der Waals surface area contributed by atoms with Gasteiger partial charge < -0.3 is 41.6 Å². The van der Waals surface area contributed by atoms with E-state index < -0.39 is 47.0 Å². The van der Waals surface area contributed by atoms with Crippen LogP contribution in [-0.2, 0) is 12.8 Å². The van der Waals surface area contributed by atoms with Gasteiger partial charge in [0.2, 0.25) is 0 Å². The Balaban J connectivity index is 1.22. The summed E-state index contributed by atoms with van der Waals surface area (Å²) in [7, 11) is 0. The Morgan fingerprint density at radius 3 is 2.70 bits per heavy atom. The number of hydrogen-bond acceptors (Lipinski definition) is 7. The van der Waals surface area contributed by atoms with E-state index in [4.69, 9.17) is 10.8 Å². The van der Waals surface area contributed by atoms with Crippen molar-refractivity contribution < 1.29 is 14.7 Å². The average molecular weight is 551 g/mol. The van der Waals surface area contributed by atoms with Crippen LogP contribution in [0.1, 0.15) is 44.8 Å². The molecule has 2 amide bonds. The Morgan fingerprint density at radius 1 is 1.10 bits per heavy atom. The summed E-state index contributed by atoms with van der Waals surface area (Å²) in [6.07, 6.45) is 2.62. The number of nitrogens with zero attached hydrogens (tertiary/aromatic N) is 1. The fraction of sp³-hybridized carbons (Fsp3) is 0.440. The third kappa shape index (κ3) is 4.09. The molecule has 4 heterocycles. The molecule has 1 aromatic carbocycles. The van der Waals surface area contributed by atoms with Crippen molar-refractivity contribution in [1.82, 2.24) is 41.5 Å². The van der Waals surface area contributed by atoms with Gasteiger partial charge in [0.1, 0.15) is 11.8 Å². The number of aliphatic hydroxyl groups is 1. The molecule has 0 saturated carbocycles. The summed E-state index contributed by atoms with van der Waals surface area (Å²) < 4.78 is 0. The van der Waals surface area contributed by atoms with Crippen molar-refractivity contribution in [2.45, 2.75) is 55.6 Å². The molecule has 210 valence electrons. The molecular formula is C25H30N10O5. The van der Waals surface area contributed by atoms with Gasteiger partial charge in [0.05, 0.1) is 18.1 Å². The zero-order chi connectivity index (χ0) is 28.2. The molecule has 10 N–H and O–H groups in total. The number of fused-ring (bicyclic) bond motifs is 1. The van der Waals surface area contributed by atoms with Crippen molar-refractivity contribution in [2.75, 3.05) is 13.1 Å². The Labute approximate surface area is 227 Å². The summed E-state index contributed by atoms with van der Waals surface area (Å²) in [6.45, 7) is 0.0392. The molecule has 1 aliphatic carbocycles. The van der Waals surface area contributed by atoms with Crippen LogP contribution in [0.2, 0.25) is 0 Å². The third-order valence-corrected chi connectivity index (χ3v) is 8.20. The SMILES string of the molecule is N=C1N[C@H]2[C@H](CNC(=O)c3cc(=O)[nH]c(=O)[nH]3)NC(=N)N3CC(NC(=O)c4cccc5c4CCCC5)[C@@H](O)C23N1. The van der Waals surface area contributed by atoms with E-state index in [1.165, 1.54) is 0 Å². The number of hydrogen-bond donors (Lipinski definition) is 10. The quantitative estimate of drug-likeness (QED) is 0.186. The normalized spacial score (nSPS) is 28.4. The molecule has 2 unspecified atom stereocenters.